The van der Waals surface area contributed by atoms with Crippen LogP contribution in [0.5, 0.6) is 5.75 Å². The molecule has 0 aliphatic heterocycles. The standard InChI is InChI=1S/C15H11FO4/c16-11-7-5-10(6-8-11)13(17)9-20-14-4-2-1-3-12(14)15(18)19/h1-8H,9H2,(H,18,19). The molecule has 0 aliphatic carbocycles. The molecule has 0 radical (unpaired) electrons. The van der Waals surface area contributed by atoms with Gasteiger partial charge in [0.1, 0.15) is 17.1 Å². The van der Waals surface area contributed by atoms with Crippen molar-refractivity contribution in [3.8, 4) is 5.75 Å². The van der Waals surface area contributed by atoms with E-state index >= 15 is 0 Å². The molecule has 2 aromatic rings. The smallest absolute Gasteiger partial charge is 0.339 e. The number of rotatable bonds is 5. The van der Waals surface area contributed by atoms with Gasteiger partial charge < -0.3 is 9.84 Å². The van der Waals surface area contributed by atoms with E-state index in [1.807, 2.05) is 0 Å². The lowest BCUT2D eigenvalue weighted by Crippen LogP contribution is -2.13. The minimum absolute atomic E-state index is 0.0144. The van der Waals surface area contributed by atoms with Crippen molar-refractivity contribution in [3.05, 3.63) is 65.5 Å². The van der Waals surface area contributed by atoms with Crippen molar-refractivity contribution in [3.63, 3.8) is 0 Å². The predicted molar refractivity (Wildman–Crippen MR) is 69.6 cm³/mol. The average molecular weight is 274 g/mol. The zero-order valence-corrected chi connectivity index (χ0v) is 10.4. The normalized spacial score (nSPS) is 10.1. The summed E-state index contributed by atoms with van der Waals surface area (Å²) in [7, 11) is 0. The molecule has 0 saturated carbocycles. The fourth-order valence-electron chi connectivity index (χ4n) is 1.63. The summed E-state index contributed by atoms with van der Waals surface area (Å²) in [6.45, 7) is -0.310. The number of aromatic carboxylic acids is 1. The Bertz CT molecular complexity index is 635. The molecule has 0 bridgehead atoms. The summed E-state index contributed by atoms with van der Waals surface area (Å²) in [4.78, 5) is 22.8. The topological polar surface area (TPSA) is 63.6 Å². The van der Waals surface area contributed by atoms with Gasteiger partial charge in [-0.25, -0.2) is 9.18 Å². The summed E-state index contributed by atoms with van der Waals surface area (Å²) >= 11 is 0. The highest BCUT2D eigenvalue weighted by molar-refractivity contribution is 5.97. The van der Waals surface area contributed by atoms with Crippen LogP contribution in [0.25, 0.3) is 0 Å². The number of carbonyl (C=O) groups excluding carboxylic acids is 1. The first-order valence-electron chi connectivity index (χ1n) is 5.82. The highest BCUT2D eigenvalue weighted by atomic mass is 19.1. The van der Waals surface area contributed by atoms with Crippen molar-refractivity contribution in [2.45, 2.75) is 0 Å². The third-order valence-electron chi connectivity index (χ3n) is 2.64. The second-order valence-corrected chi connectivity index (χ2v) is 4.02. The van der Waals surface area contributed by atoms with E-state index in [0.29, 0.717) is 5.56 Å². The van der Waals surface area contributed by atoms with Crippen LogP contribution in [0.1, 0.15) is 20.7 Å². The first-order valence-corrected chi connectivity index (χ1v) is 5.82. The van der Waals surface area contributed by atoms with Crippen molar-refractivity contribution in [1.82, 2.24) is 0 Å². The molecular weight excluding hydrogens is 263 g/mol. The number of halogens is 1. The van der Waals surface area contributed by atoms with Crippen LogP contribution in [0.15, 0.2) is 48.5 Å². The monoisotopic (exact) mass is 274 g/mol. The minimum atomic E-state index is -1.13. The number of Topliss-reactive ketones (excluding diaryl/α,β-unsaturated/α-hetero) is 1. The van der Waals surface area contributed by atoms with E-state index in [-0.39, 0.29) is 23.7 Å². The average Bonchev–Trinajstić information content (AvgIpc) is 2.45. The van der Waals surface area contributed by atoms with Gasteiger partial charge in [-0.2, -0.15) is 0 Å². The van der Waals surface area contributed by atoms with Crippen molar-refractivity contribution in [2.75, 3.05) is 6.61 Å². The molecule has 2 rings (SSSR count). The van der Waals surface area contributed by atoms with Crippen LogP contribution in [0.3, 0.4) is 0 Å². The third-order valence-corrected chi connectivity index (χ3v) is 2.64. The molecule has 0 aromatic heterocycles. The van der Waals surface area contributed by atoms with Crippen molar-refractivity contribution in [2.24, 2.45) is 0 Å². The predicted octanol–water partition coefficient (Wildman–Crippen LogP) is 2.79. The van der Waals surface area contributed by atoms with Crippen molar-refractivity contribution in [1.29, 1.82) is 0 Å². The molecule has 0 amide bonds. The van der Waals surface area contributed by atoms with Gasteiger partial charge >= 0.3 is 5.97 Å². The Morgan fingerprint density at radius 3 is 2.35 bits per heavy atom. The number of carboxylic acids is 1. The van der Waals surface area contributed by atoms with Gasteiger partial charge in [-0.05, 0) is 36.4 Å². The van der Waals surface area contributed by atoms with Crippen LogP contribution in [0, 0.1) is 5.82 Å². The van der Waals surface area contributed by atoms with E-state index in [0.717, 1.165) is 0 Å². The zero-order valence-electron chi connectivity index (χ0n) is 10.4. The number of para-hydroxylation sites is 1. The number of benzene rings is 2. The Morgan fingerprint density at radius 1 is 1.05 bits per heavy atom. The van der Waals surface area contributed by atoms with Gasteiger partial charge in [0.05, 0.1) is 0 Å². The Labute approximate surface area is 114 Å². The molecule has 0 fully saturated rings. The van der Waals surface area contributed by atoms with E-state index in [4.69, 9.17) is 9.84 Å². The fraction of sp³-hybridized carbons (Fsp3) is 0.0667. The van der Waals surface area contributed by atoms with E-state index in [9.17, 15) is 14.0 Å². The fourth-order valence-corrected chi connectivity index (χ4v) is 1.63. The molecule has 1 N–H and O–H groups in total. The number of hydrogen-bond acceptors (Lipinski definition) is 3. The number of ether oxygens (including phenoxy) is 1. The van der Waals surface area contributed by atoms with Crippen LogP contribution in [-0.2, 0) is 0 Å². The maximum atomic E-state index is 12.7. The number of hydrogen-bond donors (Lipinski definition) is 1. The Morgan fingerprint density at radius 2 is 1.70 bits per heavy atom. The lowest BCUT2D eigenvalue weighted by Gasteiger charge is -2.08. The lowest BCUT2D eigenvalue weighted by atomic mass is 10.1. The van der Waals surface area contributed by atoms with E-state index in [1.165, 1.54) is 36.4 Å². The molecule has 20 heavy (non-hydrogen) atoms. The van der Waals surface area contributed by atoms with Crippen LogP contribution in [-0.4, -0.2) is 23.5 Å². The Kier molecular flexibility index (Phi) is 4.10. The van der Waals surface area contributed by atoms with Gasteiger partial charge in [0, 0.05) is 5.56 Å². The first kappa shape index (κ1) is 13.7. The summed E-state index contributed by atoms with van der Waals surface area (Å²) in [6.07, 6.45) is 0. The summed E-state index contributed by atoms with van der Waals surface area (Å²) in [6, 6.07) is 11.1. The van der Waals surface area contributed by atoms with Crippen LogP contribution in [0.4, 0.5) is 4.39 Å². The van der Waals surface area contributed by atoms with Gasteiger partial charge in [-0.15, -0.1) is 0 Å². The molecule has 0 unspecified atom stereocenters. The molecule has 2 aromatic carbocycles. The number of carboxylic acid groups (broad SMARTS) is 1. The van der Waals surface area contributed by atoms with Gasteiger partial charge in [-0.1, -0.05) is 12.1 Å². The molecule has 0 saturated heterocycles. The van der Waals surface area contributed by atoms with Crippen LogP contribution < -0.4 is 4.74 Å². The molecule has 0 aliphatic rings. The van der Waals surface area contributed by atoms with Crippen molar-refractivity contribution >= 4 is 11.8 Å². The Balaban J connectivity index is 2.07. The van der Waals surface area contributed by atoms with E-state index in [2.05, 4.69) is 0 Å². The van der Waals surface area contributed by atoms with E-state index < -0.39 is 11.8 Å². The molecule has 4 nitrogen and oxygen atoms in total. The van der Waals surface area contributed by atoms with Crippen molar-refractivity contribution < 1.29 is 23.8 Å². The maximum absolute atomic E-state index is 12.7. The summed E-state index contributed by atoms with van der Waals surface area (Å²) < 4.78 is 18.0. The summed E-state index contributed by atoms with van der Waals surface area (Å²) in [5.74, 6) is -1.80. The van der Waals surface area contributed by atoms with Crippen LogP contribution >= 0.6 is 0 Å². The third kappa shape index (κ3) is 3.20. The SMILES string of the molecule is O=C(COc1ccccc1C(=O)O)c1ccc(F)cc1. The molecule has 0 atom stereocenters. The second-order valence-electron chi connectivity index (χ2n) is 4.02. The summed E-state index contributed by atoms with van der Waals surface area (Å²) in [5.41, 5.74) is 0.290. The molecule has 0 heterocycles. The molecule has 102 valence electrons. The largest absolute Gasteiger partial charge is 0.485 e. The first-order chi connectivity index (χ1) is 9.58. The van der Waals surface area contributed by atoms with Gasteiger partial charge in [-0.3, -0.25) is 4.79 Å². The molecule has 5 heteroatoms. The lowest BCUT2D eigenvalue weighted by molar-refractivity contribution is 0.0689. The van der Waals surface area contributed by atoms with E-state index in [1.54, 1.807) is 12.1 Å². The number of ketones is 1. The quantitative estimate of drug-likeness (QED) is 0.851. The second kappa shape index (κ2) is 5.97. The summed E-state index contributed by atoms with van der Waals surface area (Å²) in [5, 5.41) is 8.97. The highest BCUT2D eigenvalue weighted by Gasteiger charge is 2.12. The highest BCUT2D eigenvalue weighted by Crippen LogP contribution is 2.18. The minimum Gasteiger partial charge on any atom is -0.485 e. The number of carbonyl (C=O) groups is 2. The molecular formula is C15H11FO4. The van der Waals surface area contributed by atoms with Gasteiger partial charge in [0.25, 0.3) is 0 Å². The van der Waals surface area contributed by atoms with Gasteiger partial charge in [0.2, 0.25) is 0 Å². The van der Waals surface area contributed by atoms with Gasteiger partial charge in [0.15, 0.2) is 12.4 Å². The Hall–Kier alpha value is -2.69. The molecule has 0 spiro atoms. The van der Waals surface area contributed by atoms with Crippen LogP contribution in [0.2, 0.25) is 0 Å². The maximum Gasteiger partial charge on any atom is 0.339 e. The zero-order chi connectivity index (χ0) is 14.5.